The monoisotopic (exact) mass is 456 g/mol. The van der Waals surface area contributed by atoms with E-state index >= 15 is 0 Å². The van der Waals surface area contributed by atoms with Gasteiger partial charge in [0.15, 0.2) is 7.26 Å². The number of hydrogen-bond acceptors (Lipinski definition) is 1. The Morgan fingerprint density at radius 3 is 1.22 bits per heavy atom. The highest BCUT2D eigenvalue weighted by atomic mass is 32.2. The number of ether oxygens (including phenoxy) is 1. The van der Waals surface area contributed by atoms with Gasteiger partial charge in [-0.05, 0) is 36.4 Å². The van der Waals surface area contributed by atoms with Crippen molar-refractivity contribution in [1.29, 1.82) is 0 Å². The molecule has 0 aliphatic heterocycles. The molecule has 0 fully saturated rings. The second-order valence-corrected chi connectivity index (χ2v) is 13.4. The van der Waals surface area contributed by atoms with Gasteiger partial charge in [-0.3, -0.25) is 0 Å². The van der Waals surface area contributed by atoms with Crippen LogP contribution in [0.15, 0.2) is 126 Å². The maximum absolute atomic E-state index is 6.24. The molecule has 0 bridgehead atoms. The molecule has 0 heterocycles. The molecule has 0 amide bonds. The zero-order valence-corrected chi connectivity index (χ0v) is 20.5. The average molecular weight is 457 g/mol. The van der Waals surface area contributed by atoms with Gasteiger partial charge in [0.2, 0.25) is 5.76 Å². The molecular formula is C29H29OPS+2. The van der Waals surface area contributed by atoms with Gasteiger partial charge in [-0.1, -0.05) is 84.9 Å². The van der Waals surface area contributed by atoms with Crippen molar-refractivity contribution in [2.24, 2.45) is 0 Å². The SMILES string of the molecule is CO/C(=C(\[S+](C)C)[P+](c1ccccc1)(c1ccccc1)c1ccccc1)c1ccccc1. The summed E-state index contributed by atoms with van der Waals surface area (Å²) >= 11 is 0. The van der Waals surface area contributed by atoms with E-state index in [-0.39, 0.29) is 10.9 Å². The minimum Gasteiger partial charge on any atom is -0.488 e. The third-order valence-corrected chi connectivity index (χ3v) is 12.5. The van der Waals surface area contributed by atoms with Crippen molar-refractivity contribution >= 4 is 39.8 Å². The lowest BCUT2D eigenvalue weighted by atomic mass is 10.2. The van der Waals surface area contributed by atoms with Crippen molar-refractivity contribution in [2.45, 2.75) is 0 Å². The molecule has 0 radical (unpaired) electrons. The van der Waals surface area contributed by atoms with Crippen molar-refractivity contribution < 1.29 is 4.74 Å². The summed E-state index contributed by atoms with van der Waals surface area (Å²) in [6, 6.07) is 43.5. The van der Waals surface area contributed by atoms with E-state index in [1.165, 1.54) is 20.6 Å². The van der Waals surface area contributed by atoms with E-state index in [2.05, 4.69) is 134 Å². The molecule has 0 saturated carbocycles. The van der Waals surface area contributed by atoms with E-state index in [0.29, 0.717) is 0 Å². The molecule has 4 rings (SSSR count). The van der Waals surface area contributed by atoms with Gasteiger partial charge in [0, 0.05) is 5.56 Å². The first-order valence-electron chi connectivity index (χ1n) is 10.7. The zero-order chi connectivity index (χ0) is 22.4. The summed E-state index contributed by atoms with van der Waals surface area (Å²) in [5, 5.41) is 4.04. The molecule has 0 spiro atoms. The molecule has 0 aromatic heterocycles. The Bertz CT molecular complexity index is 1060. The molecule has 4 aromatic rings. The van der Waals surface area contributed by atoms with Crippen molar-refractivity contribution in [2.75, 3.05) is 19.6 Å². The number of benzene rings is 4. The lowest BCUT2D eigenvalue weighted by molar-refractivity contribution is 0.370. The summed E-state index contributed by atoms with van der Waals surface area (Å²) < 4.78 is 7.63. The Morgan fingerprint density at radius 2 is 0.906 bits per heavy atom. The van der Waals surface area contributed by atoms with E-state index in [0.717, 1.165) is 11.3 Å². The highest BCUT2D eigenvalue weighted by Crippen LogP contribution is 2.66. The normalized spacial score (nSPS) is 12.4. The average Bonchev–Trinajstić information content (AvgIpc) is 2.86. The van der Waals surface area contributed by atoms with Crippen LogP contribution in [0.5, 0.6) is 0 Å². The second-order valence-electron chi connectivity index (χ2n) is 7.70. The van der Waals surface area contributed by atoms with Gasteiger partial charge >= 0.3 is 4.65 Å². The van der Waals surface area contributed by atoms with Crippen molar-refractivity contribution in [3.05, 3.63) is 132 Å². The van der Waals surface area contributed by atoms with Crippen LogP contribution >= 0.6 is 7.26 Å². The van der Waals surface area contributed by atoms with Gasteiger partial charge in [-0.25, -0.2) is 0 Å². The topological polar surface area (TPSA) is 9.23 Å². The Labute approximate surface area is 195 Å². The van der Waals surface area contributed by atoms with Gasteiger partial charge in [-0.15, -0.1) is 0 Å². The fraction of sp³-hybridized carbons (Fsp3) is 0.103. The van der Waals surface area contributed by atoms with E-state index < -0.39 is 7.26 Å². The first kappa shape index (κ1) is 22.4. The molecule has 0 unspecified atom stereocenters. The third kappa shape index (κ3) is 4.13. The number of methoxy groups -OCH3 is 1. The Kier molecular flexibility index (Phi) is 7.15. The Balaban J connectivity index is 2.21. The van der Waals surface area contributed by atoms with Crippen LogP contribution in [-0.4, -0.2) is 19.6 Å². The van der Waals surface area contributed by atoms with Crippen LogP contribution in [0.3, 0.4) is 0 Å². The van der Waals surface area contributed by atoms with Crippen LogP contribution in [0.1, 0.15) is 5.56 Å². The standard InChI is InChI=1S/C29H29OPS/c1-30-28(24-16-8-4-9-17-24)29(32(2)3)31(25-18-10-5-11-19-25,26-20-12-6-13-21-26)27-22-14-7-15-23-27/h4-23H,1-3H3/q+2/b29-28-. The minimum atomic E-state index is -2.19. The summed E-state index contributed by atoms with van der Waals surface area (Å²) in [6.45, 7) is 0. The molecule has 0 aliphatic carbocycles. The fourth-order valence-electron chi connectivity index (χ4n) is 4.28. The zero-order valence-electron chi connectivity index (χ0n) is 18.8. The smallest absolute Gasteiger partial charge is 0.321 e. The highest BCUT2D eigenvalue weighted by molar-refractivity contribution is 8.17. The van der Waals surface area contributed by atoms with Crippen LogP contribution < -0.4 is 15.9 Å². The van der Waals surface area contributed by atoms with Crippen LogP contribution in [0.4, 0.5) is 0 Å². The molecule has 3 heteroatoms. The lowest BCUT2D eigenvalue weighted by Crippen LogP contribution is -2.35. The summed E-state index contributed by atoms with van der Waals surface area (Å²) in [5.74, 6) is 0.990. The van der Waals surface area contributed by atoms with Gasteiger partial charge in [0.25, 0.3) is 0 Å². The van der Waals surface area contributed by atoms with Crippen LogP contribution in [0.2, 0.25) is 0 Å². The van der Waals surface area contributed by atoms with Crippen LogP contribution in [0.25, 0.3) is 5.76 Å². The predicted molar refractivity (Wildman–Crippen MR) is 145 cm³/mol. The largest absolute Gasteiger partial charge is 0.488 e. The molecular weight excluding hydrogens is 427 g/mol. The maximum Gasteiger partial charge on any atom is 0.321 e. The molecule has 0 N–H and O–H groups in total. The van der Waals surface area contributed by atoms with E-state index in [4.69, 9.17) is 4.74 Å². The molecule has 32 heavy (non-hydrogen) atoms. The summed E-state index contributed by atoms with van der Waals surface area (Å²) in [5.41, 5.74) is 1.12. The van der Waals surface area contributed by atoms with Crippen molar-refractivity contribution in [3.8, 4) is 0 Å². The van der Waals surface area contributed by atoms with E-state index in [1.807, 2.05) is 7.11 Å². The van der Waals surface area contributed by atoms with E-state index in [1.54, 1.807) is 0 Å². The first-order valence-corrected chi connectivity index (χ1v) is 14.5. The quantitative estimate of drug-likeness (QED) is 0.193. The lowest BCUT2D eigenvalue weighted by Gasteiger charge is -2.27. The van der Waals surface area contributed by atoms with Crippen molar-refractivity contribution in [1.82, 2.24) is 0 Å². The Hall–Kier alpha value is -2.80. The molecule has 4 aromatic carbocycles. The molecule has 0 saturated heterocycles. The summed E-state index contributed by atoms with van der Waals surface area (Å²) in [7, 11) is -0.431. The van der Waals surface area contributed by atoms with Gasteiger partial charge in [0.05, 0.1) is 18.0 Å². The predicted octanol–water partition coefficient (Wildman–Crippen LogP) is 5.83. The molecule has 0 atom stereocenters. The third-order valence-electron chi connectivity index (χ3n) is 5.56. The highest BCUT2D eigenvalue weighted by Gasteiger charge is 2.58. The first-order chi connectivity index (χ1) is 15.7. The van der Waals surface area contributed by atoms with Gasteiger partial charge < -0.3 is 4.74 Å². The molecule has 0 aliphatic rings. The van der Waals surface area contributed by atoms with Crippen LogP contribution in [-0.2, 0) is 15.6 Å². The molecule has 160 valence electrons. The Morgan fingerprint density at radius 1 is 0.562 bits per heavy atom. The molecule has 1 nitrogen and oxygen atoms in total. The van der Waals surface area contributed by atoms with Crippen LogP contribution in [0, 0.1) is 0 Å². The minimum absolute atomic E-state index is 0.0507. The van der Waals surface area contributed by atoms with Gasteiger partial charge in [-0.2, -0.15) is 0 Å². The second kappa shape index (κ2) is 10.2. The number of hydrogen-bond donors (Lipinski definition) is 0. The number of rotatable bonds is 7. The maximum atomic E-state index is 6.24. The summed E-state index contributed by atoms with van der Waals surface area (Å²) in [4.78, 5) is 0. The summed E-state index contributed by atoms with van der Waals surface area (Å²) in [6.07, 6.45) is 4.64. The van der Waals surface area contributed by atoms with E-state index in [9.17, 15) is 0 Å². The fourth-order valence-corrected chi connectivity index (χ4v) is 12.0. The van der Waals surface area contributed by atoms with Gasteiger partial charge in [0.1, 0.15) is 28.4 Å². The van der Waals surface area contributed by atoms with Crippen molar-refractivity contribution in [3.63, 3.8) is 0 Å².